The molecule has 0 unspecified atom stereocenters. The van der Waals surface area contributed by atoms with Crippen molar-refractivity contribution in [3.8, 4) is 0 Å². The Kier molecular flexibility index (Phi) is 3.60. The zero-order valence-corrected chi connectivity index (χ0v) is 10.8. The number of unbranched alkanes of at least 4 members (excludes halogenated alkanes) is 1. The van der Waals surface area contributed by atoms with Crippen LogP contribution < -0.4 is 0 Å². The molecule has 0 radical (unpaired) electrons. The van der Waals surface area contributed by atoms with Crippen LogP contribution in [0.15, 0.2) is 10.6 Å². The lowest BCUT2D eigenvalue weighted by Gasteiger charge is -2.05. The summed E-state index contributed by atoms with van der Waals surface area (Å²) in [6.45, 7) is 6.07. The van der Waals surface area contributed by atoms with E-state index in [9.17, 15) is 4.79 Å². The zero-order chi connectivity index (χ0) is 13.1. The van der Waals surface area contributed by atoms with Crippen LogP contribution in [0, 0.1) is 13.8 Å². The zero-order valence-electron chi connectivity index (χ0n) is 10.8. The van der Waals surface area contributed by atoms with E-state index in [2.05, 4.69) is 10.1 Å². The summed E-state index contributed by atoms with van der Waals surface area (Å²) in [5, 5.41) is 4.47. The Balaban J connectivity index is 2.36. The first-order valence-electron chi connectivity index (χ1n) is 6.04. The van der Waals surface area contributed by atoms with Crippen molar-refractivity contribution in [2.75, 3.05) is 6.61 Å². The summed E-state index contributed by atoms with van der Waals surface area (Å²) in [6, 6.07) is 1.71. The Morgan fingerprint density at radius 3 is 2.94 bits per heavy atom. The summed E-state index contributed by atoms with van der Waals surface area (Å²) in [5.41, 5.74) is 2.23. The van der Waals surface area contributed by atoms with E-state index in [1.807, 2.05) is 6.92 Å². The molecule has 0 saturated heterocycles. The minimum absolute atomic E-state index is 0.342. The maximum Gasteiger partial charge on any atom is 0.339 e. The van der Waals surface area contributed by atoms with Crippen LogP contribution in [0.1, 0.15) is 41.5 Å². The molecule has 5 nitrogen and oxygen atoms in total. The van der Waals surface area contributed by atoms with E-state index >= 15 is 0 Å². The number of hydrogen-bond acceptors (Lipinski definition) is 5. The maximum atomic E-state index is 12.0. The number of pyridine rings is 1. The Bertz CT molecular complexity index is 575. The van der Waals surface area contributed by atoms with Gasteiger partial charge in [-0.05, 0) is 26.3 Å². The first kappa shape index (κ1) is 12.5. The van der Waals surface area contributed by atoms with Gasteiger partial charge in [-0.3, -0.25) is 0 Å². The lowest BCUT2D eigenvalue weighted by Crippen LogP contribution is -2.08. The first-order valence-corrected chi connectivity index (χ1v) is 6.04. The molecule has 0 aliphatic carbocycles. The Morgan fingerprint density at radius 2 is 2.22 bits per heavy atom. The highest BCUT2D eigenvalue weighted by molar-refractivity contribution is 6.03. The second kappa shape index (κ2) is 5.16. The predicted octanol–water partition coefficient (Wildman–Crippen LogP) is 2.80. The average molecular weight is 248 g/mol. The van der Waals surface area contributed by atoms with Gasteiger partial charge in [0.15, 0.2) is 0 Å². The molecule has 0 fully saturated rings. The average Bonchev–Trinajstić information content (AvgIpc) is 2.70. The first-order chi connectivity index (χ1) is 8.63. The lowest BCUT2D eigenvalue weighted by atomic mass is 10.1. The lowest BCUT2D eigenvalue weighted by molar-refractivity contribution is 0.0502. The molecule has 2 aromatic rings. The second-order valence-corrected chi connectivity index (χ2v) is 4.25. The van der Waals surface area contributed by atoms with Gasteiger partial charge in [-0.1, -0.05) is 18.5 Å². The number of nitrogens with zero attached hydrogens (tertiary/aromatic N) is 2. The van der Waals surface area contributed by atoms with Crippen LogP contribution >= 0.6 is 0 Å². The van der Waals surface area contributed by atoms with Crippen LogP contribution in [-0.2, 0) is 4.74 Å². The van der Waals surface area contributed by atoms with E-state index in [0.29, 0.717) is 34.7 Å². The fourth-order valence-corrected chi connectivity index (χ4v) is 1.77. The minimum atomic E-state index is -0.342. The van der Waals surface area contributed by atoms with Gasteiger partial charge in [0, 0.05) is 5.69 Å². The summed E-state index contributed by atoms with van der Waals surface area (Å²) >= 11 is 0. The molecule has 0 atom stereocenters. The van der Waals surface area contributed by atoms with Gasteiger partial charge in [0.1, 0.15) is 0 Å². The quantitative estimate of drug-likeness (QED) is 0.615. The van der Waals surface area contributed by atoms with E-state index < -0.39 is 0 Å². The van der Waals surface area contributed by atoms with Gasteiger partial charge in [-0.15, -0.1) is 0 Å². The number of rotatable bonds is 4. The van der Waals surface area contributed by atoms with Crippen molar-refractivity contribution in [1.82, 2.24) is 10.1 Å². The number of hydrogen-bond donors (Lipinski definition) is 0. The van der Waals surface area contributed by atoms with Crippen molar-refractivity contribution in [2.45, 2.75) is 33.6 Å². The van der Waals surface area contributed by atoms with Crippen LogP contribution in [0.3, 0.4) is 0 Å². The van der Waals surface area contributed by atoms with Gasteiger partial charge in [-0.25, -0.2) is 9.78 Å². The van der Waals surface area contributed by atoms with Crippen molar-refractivity contribution in [2.24, 2.45) is 0 Å². The summed E-state index contributed by atoms with van der Waals surface area (Å²) in [4.78, 5) is 16.2. The smallest absolute Gasteiger partial charge is 0.339 e. The van der Waals surface area contributed by atoms with Crippen molar-refractivity contribution in [3.63, 3.8) is 0 Å². The predicted molar refractivity (Wildman–Crippen MR) is 66.5 cm³/mol. The van der Waals surface area contributed by atoms with Gasteiger partial charge < -0.3 is 9.26 Å². The van der Waals surface area contributed by atoms with Gasteiger partial charge in [0.05, 0.1) is 23.3 Å². The van der Waals surface area contributed by atoms with Crippen molar-refractivity contribution >= 4 is 17.1 Å². The Hall–Kier alpha value is -1.91. The highest BCUT2D eigenvalue weighted by Crippen LogP contribution is 2.22. The fourth-order valence-electron chi connectivity index (χ4n) is 1.77. The van der Waals surface area contributed by atoms with Crippen molar-refractivity contribution in [3.05, 3.63) is 23.0 Å². The fraction of sp³-hybridized carbons (Fsp3) is 0.462. The van der Waals surface area contributed by atoms with E-state index in [4.69, 9.17) is 9.26 Å². The molecule has 0 bridgehead atoms. The monoisotopic (exact) mass is 248 g/mol. The molecule has 0 aliphatic heterocycles. The summed E-state index contributed by atoms with van der Waals surface area (Å²) in [6.07, 6.45) is 1.85. The molecule has 0 N–H and O–H groups in total. The molecule has 0 amide bonds. The van der Waals surface area contributed by atoms with Crippen LogP contribution in [0.2, 0.25) is 0 Å². The summed E-state index contributed by atoms with van der Waals surface area (Å²) in [7, 11) is 0. The van der Waals surface area contributed by atoms with E-state index in [1.165, 1.54) is 0 Å². The molecule has 96 valence electrons. The third kappa shape index (κ3) is 2.34. The van der Waals surface area contributed by atoms with E-state index in [-0.39, 0.29) is 5.97 Å². The van der Waals surface area contributed by atoms with Gasteiger partial charge in [0.25, 0.3) is 5.71 Å². The minimum Gasteiger partial charge on any atom is -0.462 e. The molecule has 5 heteroatoms. The number of carbonyl (C=O) groups excluding carboxylic acids is 1. The number of fused-ring (bicyclic) bond motifs is 1. The third-order valence-corrected chi connectivity index (χ3v) is 2.70. The standard InChI is InChI=1S/C13H16N2O3/c1-4-5-6-17-13(16)10-7-8(2)14-12-11(10)9(3)15-18-12/h7H,4-6H2,1-3H3. The molecule has 0 saturated carbocycles. The molecule has 2 rings (SSSR count). The molecule has 2 aromatic heterocycles. The Labute approximate surface area is 105 Å². The number of carbonyl (C=O) groups is 1. The molecule has 0 aliphatic rings. The highest BCUT2D eigenvalue weighted by Gasteiger charge is 2.18. The van der Waals surface area contributed by atoms with Crippen molar-refractivity contribution < 1.29 is 14.1 Å². The number of esters is 1. The normalized spacial score (nSPS) is 10.8. The van der Waals surface area contributed by atoms with E-state index in [1.54, 1.807) is 19.9 Å². The molecular weight excluding hydrogens is 232 g/mol. The maximum absolute atomic E-state index is 12.0. The van der Waals surface area contributed by atoms with Crippen LogP contribution in [0.25, 0.3) is 11.1 Å². The largest absolute Gasteiger partial charge is 0.462 e. The molecule has 18 heavy (non-hydrogen) atoms. The third-order valence-electron chi connectivity index (χ3n) is 2.70. The van der Waals surface area contributed by atoms with Crippen molar-refractivity contribution in [1.29, 1.82) is 0 Å². The van der Waals surface area contributed by atoms with E-state index in [0.717, 1.165) is 12.8 Å². The summed E-state index contributed by atoms with van der Waals surface area (Å²) < 4.78 is 10.3. The van der Waals surface area contributed by atoms with Gasteiger partial charge >= 0.3 is 5.97 Å². The highest BCUT2D eigenvalue weighted by atomic mass is 16.5. The summed E-state index contributed by atoms with van der Waals surface area (Å²) in [5.74, 6) is -0.342. The molecule has 2 heterocycles. The molecule has 0 aromatic carbocycles. The number of aromatic nitrogens is 2. The number of aryl methyl sites for hydroxylation is 2. The molecule has 0 spiro atoms. The Morgan fingerprint density at radius 1 is 1.44 bits per heavy atom. The van der Waals surface area contributed by atoms with Crippen LogP contribution in [-0.4, -0.2) is 22.7 Å². The SMILES string of the molecule is CCCCOC(=O)c1cc(C)nc2onc(C)c12. The number of ether oxygens (including phenoxy) is 1. The van der Waals surface area contributed by atoms with Gasteiger partial charge in [0.2, 0.25) is 0 Å². The van der Waals surface area contributed by atoms with Crippen LogP contribution in [0.5, 0.6) is 0 Å². The molecular formula is C13H16N2O3. The van der Waals surface area contributed by atoms with Gasteiger partial charge in [-0.2, -0.15) is 0 Å². The second-order valence-electron chi connectivity index (χ2n) is 4.25. The topological polar surface area (TPSA) is 65.2 Å². The van der Waals surface area contributed by atoms with Crippen LogP contribution in [0.4, 0.5) is 0 Å².